The van der Waals surface area contributed by atoms with Crippen LogP contribution in [0.25, 0.3) is 0 Å². The lowest BCUT2D eigenvalue weighted by Gasteiger charge is -2.11. The van der Waals surface area contributed by atoms with Crippen molar-refractivity contribution in [3.63, 3.8) is 0 Å². The fourth-order valence-corrected chi connectivity index (χ4v) is 2.04. The first kappa shape index (κ1) is 15.5. The molecule has 1 N–H and O–H groups in total. The van der Waals surface area contributed by atoms with Gasteiger partial charge in [-0.3, -0.25) is 15.1 Å². The molecular formula is C16H16N2O4. The molecule has 0 aromatic heterocycles. The van der Waals surface area contributed by atoms with Gasteiger partial charge in [-0.1, -0.05) is 18.2 Å². The predicted octanol–water partition coefficient (Wildman–Crippen LogP) is 3.49. The number of methoxy groups -OCH3 is 1. The van der Waals surface area contributed by atoms with Crippen molar-refractivity contribution < 1.29 is 14.8 Å². The van der Waals surface area contributed by atoms with Crippen LogP contribution in [0.4, 0.5) is 5.69 Å². The summed E-state index contributed by atoms with van der Waals surface area (Å²) in [5.74, 6) is 0.664. The summed E-state index contributed by atoms with van der Waals surface area (Å²) in [5, 5.41) is 20.5. The van der Waals surface area contributed by atoms with Crippen molar-refractivity contribution in [1.29, 1.82) is 0 Å². The quantitative estimate of drug-likeness (QED) is 0.520. The fourth-order valence-electron chi connectivity index (χ4n) is 2.04. The summed E-state index contributed by atoms with van der Waals surface area (Å²) in [5.41, 5.74) is 1.10. The predicted molar refractivity (Wildman–Crippen MR) is 83.8 cm³/mol. The van der Waals surface area contributed by atoms with E-state index >= 15 is 0 Å². The number of ether oxygens (including phenoxy) is 1. The second-order valence-electron chi connectivity index (χ2n) is 4.70. The third-order valence-electron chi connectivity index (χ3n) is 3.25. The Labute approximate surface area is 127 Å². The van der Waals surface area contributed by atoms with Crippen LogP contribution in [-0.2, 0) is 0 Å². The van der Waals surface area contributed by atoms with Crippen molar-refractivity contribution in [2.24, 2.45) is 4.99 Å². The maximum atomic E-state index is 10.8. The van der Waals surface area contributed by atoms with Crippen molar-refractivity contribution in [2.75, 3.05) is 7.11 Å². The van der Waals surface area contributed by atoms with Gasteiger partial charge in [0, 0.05) is 29.5 Å². The zero-order valence-electron chi connectivity index (χ0n) is 12.3. The number of hydrogen-bond donors (Lipinski definition) is 1. The Morgan fingerprint density at radius 3 is 2.73 bits per heavy atom. The van der Waals surface area contributed by atoms with Crippen LogP contribution >= 0.6 is 0 Å². The lowest BCUT2D eigenvalue weighted by Crippen LogP contribution is -1.96. The van der Waals surface area contributed by atoms with E-state index in [4.69, 9.17) is 4.74 Å². The molecule has 0 aliphatic carbocycles. The van der Waals surface area contributed by atoms with Gasteiger partial charge in [0.2, 0.25) is 0 Å². The molecule has 0 amide bonds. The van der Waals surface area contributed by atoms with Gasteiger partial charge >= 0.3 is 0 Å². The highest BCUT2D eigenvalue weighted by Gasteiger charge is 2.11. The van der Waals surface area contributed by atoms with Crippen molar-refractivity contribution in [2.45, 2.75) is 13.0 Å². The Bertz CT molecular complexity index is 713. The zero-order chi connectivity index (χ0) is 16.1. The highest BCUT2D eigenvalue weighted by molar-refractivity contribution is 5.84. The van der Waals surface area contributed by atoms with E-state index in [-0.39, 0.29) is 17.5 Å². The smallest absolute Gasteiger partial charge is 0.270 e. The number of nitro benzene ring substituents is 1. The fraction of sp³-hybridized carbons (Fsp3) is 0.188. The average Bonchev–Trinajstić information content (AvgIpc) is 2.53. The van der Waals surface area contributed by atoms with Crippen LogP contribution in [0.2, 0.25) is 0 Å². The molecule has 0 spiro atoms. The summed E-state index contributed by atoms with van der Waals surface area (Å²) in [4.78, 5) is 14.6. The van der Waals surface area contributed by atoms with E-state index in [1.165, 1.54) is 24.4 Å². The number of nitro groups is 1. The summed E-state index contributed by atoms with van der Waals surface area (Å²) in [6, 6.07) is 11.1. The zero-order valence-corrected chi connectivity index (χ0v) is 12.3. The Hall–Kier alpha value is -2.89. The van der Waals surface area contributed by atoms with Gasteiger partial charge in [-0.25, -0.2) is 0 Å². The first-order valence-electron chi connectivity index (χ1n) is 6.66. The summed E-state index contributed by atoms with van der Waals surface area (Å²) in [6.07, 6.45) is 1.43. The summed E-state index contributed by atoms with van der Waals surface area (Å²) < 4.78 is 5.28. The van der Waals surface area contributed by atoms with E-state index in [0.29, 0.717) is 5.56 Å². The van der Waals surface area contributed by atoms with E-state index < -0.39 is 4.92 Å². The van der Waals surface area contributed by atoms with E-state index in [2.05, 4.69) is 4.99 Å². The summed E-state index contributed by atoms with van der Waals surface area (Å²) in [7, 11) is 1.58. The van der Waals surface area contributed by atoms with Gasteiger partial charge < -0.3 is 9.84 Å². The van der Waals surface area contributed by atoms with Gasteiger partial charge in [0.1, 0.15) is 11.5 Å². The van der Waals surface area contributed by atoms with Crippen LogP contribution in [-0.4, -0.2) is 23.4 Å². The maximum absolute atomic E-state index is 10.8. The number of benzene rings is 2. The number of aliphatic imine (C=N–C) groups is 1. The highest BCUT2D eigenvalue weighted by Crippen LogP contribution is 2.28. The topological polar surface area (TPSA) is 85.0 Å². The molecule has 2 aromatic rings. The molecule has 1 atom stereocenters. The van der Waals surface area contributed by atoms with Crippen LogP contribution in [0.1, 0.15) is 24.1 Å². The minimum atomic E-state index is -0.513. The number of para-hydroxylation sites is 1. The van der Waals surface area contributed by atoms with Crippen LogP contribution in [0, 0.1) is 10.1 Å². The third kappa shape index (κ3) is 3.41. The van der Waals surface area contributed by atoms with Crippen molar-refractivity contribution in [3.05, 3.63) is 63.7 Å². The molecule has 6 heteroatoms. The molecule has 0 heterocycles. The molecule has 0 unspecified atom stereocenters. The first-order valence-corrected chi connectivity index (χ1v) is 6.66. The number of hydrogen-bond acceptors (Lipinski definition) is 5. The molecule has 0 fully saturated rings. The van der Waals surface area contributed by atoms with Crippen molar-refractivity contribution >= 4 is 11.9 Å². The van der Waals surface area contributed by atoms with E-state index in [1.54, 1.807) is 7.11 Å². The normalized spacial score (nSPS) is 12.3. The van der Waals surface area contributed by atoms with Gasteiger partial charge in [0.15, 0.2) is 0 Å². The Morgan fingerprint density at radius 2 is 2.05 bits per heavy atom. The molecule has 2 aromatic carbocycles. The molecule has 0 bridgehead atoms. The second-order valence-corrected chi connectivity index (χ2v) is 4.70. The van der Waals surface area contributed by atoms with E-state index in [1.807, 2.05) is 31.2 Å². The largest absolute Gasteiger partial charge is 0.507 e. The van der Waals surface area contributed by atoms with Gasteiger partial charge in [-0.05, 0) is 19.1 Å². The minimum Gasteiger partial charge on any atom is -0.507 e. The molecule has 0 saturated heterocycles. The standard InChI is InChI=1S/C16H16N2O4/c1-11(14-5-3-4-6-16(14)22-2)17-10-12-9-13(18(20)21)7-8-15(12)19/h3-11,19H,1-2H3/t11-/m1/s1. The number of rotatable bonds is 5. The van der Waals surface area contributed by atoms with Gasteiger partial charge in [0.25, 0.3) is 5.69 Å². The molecule has 22 heavy (non-hydrogen) atoms. The lowest BCUT2D eigenvalue weighted by atomic mass is 10.1. The molecule has 114 valence electrons. The van der Waals surface area contributed by atoms with Crippen molar-refractivity contribution in [1.82, 2.24) is 0 Å². The molecule has 0 radical (unpaired) electrons. The average molecular weight is 300 g/mol. The number of aromatic hydroxyl groups is 1. The number of phenolic OH excluding ortho intramolecular Hbond substituents is 1. The molecule has 6 nitrogen and oxygen atoms in total. The monoisotopic (exact) mass is 300 g/mol. The van der Waals surface area contributed by atoms with Gasteiger partial charge in [0.05, 0.1) is 18.1 Å². The molecule has 0 aliphatic heterocycles. The SMILES string of the molecule is COc1ccccc1[C@@H](C)N=Cc1cc([N+](=O)[O-])ccc1O. The van der Waals surface area contributed by atoms with Crippen molar-refractivity contribution in [3.8, 4) is 11.5 Å². The summed E-state index contributed by atoms with van der Waals surface area (Å²) in [6.45, 7) is 1.88. The Kier molecular flexibility index (Phi) is 4.73. The Morgan fingerprint density at radius 1 is 1.32 bits per heavy atom. The second kappa shape index (κ2) is 6.71. The minimum absolute atomic E-state index is 0.0541. The number of nitrogens with zero attached hydrogens (tertiary/aromatic N) is 2. The van der Waals surface area contributed by atoms with Crippen LogP contribution in [0.5, 0.6) is 11.5 Å². The summed E-state index contributed by atoms with van der Waals surface area (Å²) >= 11 is 0. The maximum Gasteiger partial charge on any atom is 0.270 e. The van der Waals surface area contributed by atoms with Gasteiger partial charge in [-0.2, -0.15) is 0 Å². The van der Waals surface area contributed by atoms with Crippen LogP contribution in [0.3, 0.4) is 0 Å². The van der Waals surface area contributed by atoms with E-state index in [0.717, 1.165) is 11.3 Å². The first-order chi connectivity index (χ1) is 10.5. The molecular weight excluding hydrogens is 284 g/mol. The Balaban J connectivity index is 2.28. The highest BCUT2D eigenvalue weighted by atomic mass is 16.6. The third-order valence-corrected chi connectivity index (χ3v) is 3.25. The number of non-ortho nitro benzene ring substituents is 1. The lowest BCUT2D eigenvalue weighted by molar-refractivity contribution is -0.384. The molecule has 0 aliphatic rings. The van der Waals surface area contributed by atoms with Gasteiger partial charge in [-0.15, -0.1) is 0 Å². The number of phenols is 1. The van der Waals surface area contributed by atoms with Crippen LogP contribution in [0.15, 0.2) is 47.5 Å². The van der Waals surface area contributed by atoms with Crippen LogP contribution < -0.4 is 4.74 Å². The molecule has 0 saturated carbocycles. The van der Waals surface area contributed by atoms with E-state index in [9.17, 15) is 15.2 Å². The molecule has 2 rings (SSSR count).